The number of H-pyrrole nitrogens is 1. The van der Waals surface area contributed by atoms with E-state index in [0.29, 0.717) is 0 Å². The predicted molar refractivity (Wildman–Crippen MR) is 89.6 cm³/mol. The van der Waals surface area contributed by atoms with Crippen LogP contribution in [0.5, 0.6) is 0 Å². The number of hydrogen-bond donors (Lipinski definition) is 2. The number of para-hydroxylation sites is 1. The van der Waals surface area contributed by atoms with Gasteiger partial charge in [0.15, 0.2) is 0 Å². The van der Waals surface area contributed by atoms with Crippen molar-refractivity contribution in [3.05, 3.63) is 78.5 Å². The Kier molecular flexibility index (Phi) is 2.86. The molecule has 1 aromatic heterocycles. The molecule has 4 rings (SSSR count). The van der Waals surface area contributed by atoms with E-state index in [9.17, 15) is 0 Å². The standard InChI is InChI=1S/C19H16N2/c1-2-6-15-11-17(10-9-14(15)5-1)20-12-16-13-21-19-8-4-3-7-18(16)19/h1-11,13,20-21H,12H2. The maximum Gasteiger partial charge on any atom is 0.0457 e. The predicted octanol–water partition coefficient (Wildman–Crippen LogP) is 4.93. The second kappa shape index (κ2) is 4.98. The molecule has 0 saturated heterocycles. The molecule has 3 aromatic carbocycles. The molecule has 0 aliphatic heterocycles. The van der Waals surface area contributed by atoms with Crippen molar-refractivity contribution in [1.82, 2.24) is 4.98 Å². The van der Waals surface area contributed by atoms with Gasteiger partial charge in [0.2, 0.25) is 0 Å². The lowest BCUT2D eigenvalue weighted by atomic mass is 10.1. The van der Waals surface area contributed by atoms with E-state index in [-0.39, 0.29) is 0 Å². The number of benzene rings is 3. The van der Waals surface area contributed by atoms with Crippen LogP contribution in [0.25, 0.3) is 21.7 Å². The lowest BCUT2D eigenvalue weighted by molar-refractivity contribution is 1.16. The van der Waals surface area contributed by atoms with Crippen LogP contribution in [0.2, 0.25) is 0 Å². The van der Waals surface area contributed by atoms with E-state index in [2.05, 4.69) is 83.2 Å². The summed E-state index contributed by atoms with van der Waals surface area (Å²) in [6.45, 7) is 0.822. The minimum atomic E-state index is 0.822. The Morgan fingerprint density at radius 3 is 2.57 bits per heavy atom. The minimum Gasteiger partial charge on any atom is -0.381 e. The highest BCUT2D eigenvalue weighted by Crippen LogP contribution is 2.21. The molecule has 0 fully saturated rings. The van der Waals surface area contributed by atoms with Crippen LogP contribution in [0.1, 0.15) is 5.56 Å². The quantitative estimate of drug-likeness (QED) is 0.543. The van der Waals surface area contributed by atoms with Crippen molar-refractivity contribution in [3.8, 4) is 0 Å². The largest absolute Gasteiger partial charge is 0.381 e. The van der Waals surface area contributed by atoms with Crippen molar-refractivity contribution in [1.29, 1.82) is 0 Å². The van der Waals surface area contributed by atoms with Gasteiger partial charge in [-0.3, -0.25) is 0 Å². The monoisotopic (exact) mass is 272 g/mol. The molecule has 102 valence electrons. The minimum absolute atomic E-state index is 0.822. The summed E-state index contributed by atoms with van der Waals surface area (Å²) in [4.78, 5) is 3.31. The molecule has 2 N–H and O–H groups in total. The lowest BCUT2D eigenvalue weighted by Gasteiger charge is -2.07. The number of nitrogens with one attached hydrogen (secondary N) is 2. The summed E-state index contributed by atoms with van der Waals surface area (Å²) < 4.78 is 0. The van der Waals surface area contributed by atoms with Crippen molar-refractivity contribution in [2.45, 2.75) is 6.54 Å². The molecule has 4 aromatic rings. The molecule has 2 nitrogen and oxygen atoms in total. The normalized spacial score (nSPS) is 11.0. The third kappa shape index (κ3) is 2.25. The first kappa shape index (κ1) is 12.0. The molecular formula is C19H16N2. The first-order valence-corrected chi connectivity index (χ1v) is 7.18. The van der Waals surface area contributed by atoms with Gasteiger partial charge in [0.25, 0.3) is 0 Å². The number of rotatable bonds is 3. The number of aromatic amines is 1. The Bertz CT molecular complexity index is 905. The summed E-state index contributed by atoms with van der Waals surface area (Å²) >= 11 is 0. The van der Waals surface area contributed by atoms with E-state index < -0.39 is 0 Å². The second-order valence-corrected chi connectivity index (χ2v) is 5.27. The van der Waals surface area contributed by atoms with Crippen molar-refractivity contribution < 1.29 is 0 Å². The molecule has 0 atom stereocenters. The zero-order chi connectivity index (χ0) is 14.1. The Hall–Kier alpha value is -2.74. The van der Waals surface area contributed by atoms with Crippen LogP contribution in [-0.2, 0) is 6.54 Å². The summed E-state index contributed by atoms with van der Waals surface area (Å²) in [5.74, 6) is 0. The summed E-state index contributed by atoms with van der Waals surface area (Å²) in [5, 5.41) is 7.33. The molecule has 0 spiro atoms. The van der Waals surface area contributed by atoms with E-state index >= 15 is 0 Å². The Morgan fingerprint density at radius 2 is 1.62 bits per heavy atom. The lowest BCUT2D eigenvalue weighted by Crippen LogP contribution is -1.98. The third-order valence-electron chi connectivity index (χ3n) is 3.91. The smallest absolute Gasteiger partial charge is 0.0457 e. The molecular weight excluding hydrogens is 256 g/mol. The zero-order valence-corrected chi connectivity index (χ0v) is 11.6. The number of aromatic nitrogens is 1. The zero-order valence-electron chi connectivity index (χ0n) is 11.6. The van der Waals surface area contributed by atoms with Crippen molar-refractivity contribution in [2.75, 3.05) is 5.32 Å². The highest BCUT2D eigenvalue weighted by atomic mass is 14.9. The van der Waals surface area contributed by atoms with Gasteiger partial charge in [0, 0.05) is 29.3 Å². The fourth-order valence-corrected chi connectivity index (χ4v) is 2.77. The molecule has 0 unspecified atom stereocenters. The van der Waals surface area contributed by atoms with Crippen LogP contribution < -0.4 is 5.32 Å². The van der Waals surface area contributed by atoms with Gasteiger partial charge in [-0.1, -0.05) is 48.5 Å². The van der Waals surface area contributed by atoms with Gasteiger partial charge in [-0.2, -0.15) is 0 Å². The summed E-state index contributed by atoms with van der Waals surface area (Å²) in [5.41, 5.74) is 3.63. The van der Waals surface area contributed by atoms with Crippen LogP contribution in [0.4, 0.5) is 5.69 Å². The third-order valence-corrected chi connectivity index (χ3v) is 3.91. The number of fused-ring (bicyclic) bond motifs is 2. The van der Waals surface area contributed by atoms with E-state index in [4.69, 9.17) is 0 Å². The van der Waals surface area contributed by atoms with Crippen LogP contribution in [0, 0.1) is 0 Å². The van der Waals surface area contributed by atoms with E-state index in [0.717, 1.165) is 12.2 Å². The summed E-state index contributed by atoms with van der Waals surface area (Å²) in [6, 6.07) is 23.3. The molecule has 0 amide bonds. The van der Waals surface area contributed by atoms with E-state index in [1.54, 1.807) is 0 Å². The molecule has 1 heterocycles. The average molecular weight is 272 g/mol. The number of hydrogen-bond acceptors (Lipinski definition) is 1. The molecule has 0 radical (unpaired) electrons. The first-order chi connectivity index (χ1) is 10.4. The van der Waals surface area contributed by atoms with Crippen molar-refractivity contribution in [3.63, 3.8) is 0 Å². The Morgan fingerprint density at radius 1 is 0.810 bits per heavy atom. The summed E-state index contributed by atoms with van der Waals surface area (Å²) in [6.07, 6.45) is 2.08. The molecule has 21 heavy (non-hydrogen) atoms. The molecule has 0 saturated carbocycles. The first-order valence-electron chi connectivity index (χ1n) is 7.18. The molecule has 0 bridgehead atoms. The highest BCUT2D eigenvalue weighted by molar-refractivity contribution is 5.86. The van der Waals surface area contributed by atoms with E-state index in [1.165, 1.54) is 27.2 Å². The topological polar surface area (TPSA) is 27.8 Å². The van der Waals surface area contributed by atoms with Gasteiger partial charge in [-0.05, 0) is 34.5 Å². The summed E-state index contributed by atoms with van der Waals surface area (Å²) in [7, 11) is 0. The van der Waals surface area contributed by atoms with Crippen molar-refractivity contribution >= 4 is 27.4 Å². The van der Waals surface area contributed by atoms with Gasteiger partial charge in [-0.15, -0.1) is 0 Å². The SMILES string of the molecule is c1ccc2cc(NCc3c[nH]c4ccccc34)ccc2c1. The van der Waals surface area contributed by atoms with Gasteiger partial charge < -0.3 is 10.3 Å². The maximum absolute atomic E-state index is 3.51. The highest BCUT2D eigenvalue weighted by Gasteiger charge is 2.02. The Balaban J connectivity index is 1.60. The van der Waals surface area contributed by atoms with Crippen LogP contribution in [0.15, 0.2) is 72.9 Å². The fourth-order valence-electron chi connectivity index (χ4n) is 2.77. The molecule has 0 aliphatic carbocycles. The Labute approximate surface area is 123 Å². The van der Waals surface area contributed by atoms with Gasteiger partial charge >= 0.3 is 0 Å². The van der Waals surface area contributed by atoms with Gasteiger partial charge in [-0.25, -0.2) is 0 Å². The van der Waals surface area contributed by atoms with Gasteiger partial charge in [0.1, 0.15) is 0 Å². The van der Waals surface area contributed by atoms with Crippen LogP contribution in [-0.4, -0.2) is 4.98 Å². The van der Waals surface area contributed by atoms with Crippen LogP contribution >= 0.6 is 0 Å². The van der Waals surface area contributed by atoms with Gasteiger partial charge in [0.05, 0.1) is 0 Å². The molecule has 0 aliphatic rings. The van der Waals surface area contributed by atoms with Crippen molar-refractivity contribution in [2.24, 2.45) is 0 Å². The molecule has 2 heteroatoms. The second-order valence-electron chi connectivity index (χ2n) is 5.27. The fraction of sp³-hybridized carbons (Fsp3) is 0.0526. The van der Waals surface area contributed by atoms with Crippen LogP contribution in [0.3, 0.4) is 0 Å². The van der Waals surface area contributed by atoms with E-state index in [1.807, 2.05) is 0 Å². The maximum atomic E-state index is 3.51. The average Bonchev–Trinajstić information content (AvgIpc) is 2.96. The number of anilines is 1.